The lowest BCUT2D eigenvalue weighted by atomic mass is 9.46. The Bertz CT molecular complexity index is 1550. The van der Waals surface area contributed by atoms with Crippen LogP contribution in [0.15, 0.2) is 65.6 Å². The molecule has 4 bridgehead atoms. The van der Waals surface area contributed by atoms with Crippen LogP contribution in [0.1, 0.15) is 54.4 Å². The van der Waals surface area contributed by atoms with Crippen LogP contribution in [0.5, 0.6) is 5.75 Å². The third-order valence-electron chi connectivity index (χ3n) is 8.71. The molecule has 4 fully saturated rings. The average molecular weight is 673 g/mol. The first-order chi connectivity index (χ1) is 20.1. The smallest absolute Gasteiger partial charge is 0.446 e. The van der Waals surface area contributed by atoms with Crippen molar-refractivity contribution in [3.8, 4) is 5.75 Å². The molecule has 1 atom stereocenters. The summed E-state index contributed by atoms with van der Waals surface area (Å²) in [6, 6.07) is 15.0. The second-order valence-electron chi connectivity index (χ2n) is 12.3. The molecule has 228 valence electrons. The van der Waals surface area contributed by atoms with Gasteiger partial charge in [-0.05, 0) is 79.4 Å². The normalized spacial score (nSPS) is 30.3. The highest BCUT2D eigenvalue weighted by molar-refractivity contribution is 8.00. The van der Waals surface area contributed by atoms with Gasteiger partial charge in [-0.25, -0.2) is 4.79 Å². The number of halogens is 6. The molecule has 0 radical (unpaired) electrons. The molecule has 4 aliphatic carbocycles. The lowest BCUT2D eigenvalue weighted by Crippen LogP contribution is -2.70. The number of fused-ring (bicyclic) bond motifs is 1. The van der Waals surface area contributed by atoms with Crippen molar-refractivity contribution in [2.24, 2.45) is 5.41 Å². The van der Waals surface area contributed by atoms with E-state index in [9.17, 15) is 27.9 Å². The summed E-state index contributed by atoms with van der Waals surface area (Å²) in [4.78, 5) is 24.5. The number of carbonyl (C=O) groups is 2. The van der Waals surface area contributed by atoms with Crippen LogP contribution in [0, 0.1) is 5.41 Å². The number of ether oxygens (including phenoxy) is 1. The van der Waals surface area contributed by atoms with Crippen LogP contribution >= 0.6 is 46.6 Å². The molecule has 3 aromatic rings. The summed E-state index contributed by atoms with van der Waals surface area (Å²) in [5.74, 6) is -1.61. The van der Waals surface area contributed by atoms with Gasteiger partial charge in [0.05, 0.1) is 5.56 Å². The van der Waals surface area contributed by atoms with Crippen LogP contribution < -0.4 is 10.1 Å². The molecule has 4 aliphatic rings. The Morgan fingerprint density at radius 1 is 0.884 bits per heavy atom. The number of amides is 1. The molecule has 0 aliphatic heterocycles. The van der Waals surface area contributed by atoms with E-state index < -0.39 is 43.5 Å². The minimum Gasteiger partial charge on any atom is -0.487 e. The van der Waals surface area contributed by atoms with Gasteiger partial charge in [0.25, 0.3) is 5.91 Å². The number of hydrogen-bond donors (Lipinski definition) is 2. The topological polar surface area (TPSA) is 75.6 Å². The molecule has 1 amide bonds. The van der Waals surface area contributed by atoms with E-state index in [0.717, 1.165) is 5.39 Å². The molecule has 43 heavy (non-hydrogen) atoms. The van der Waals surface area contributed by atoms with Gasteiger partial charge in [-0.15, -0.1) is 34.8 Å². The molecule has 3 aromatic carbocycles. The second-order valence-corrected chi connectivity index (χ2v) is 15.8. The van der Waals surface area contributed by atoms with E-state index >= 15 is 0 Å². The molecule has 0 saturated heterocycles. The van der Waals surface area contributed by atoms with Crippen LogP contribution in [0.3, 0.4) is 0 Å². The molecule has 0 unspecified atom stereocenters. The highest BCUT2D eigenvalue weighted by Crippen LogP contribution is 2.71. The maximum atomic E-state index is 13.9. The maximum absolute atomic E-state index is 13.9. The summed E-state index contributed by atoms with van der Waals surface area (Å²) < 4.78 is 44.3. The summed E-state index contributed by atoms with van der Waals surface area (Å²) in [7, 11) is 0. The van der Waals surface area contributed by atoms with Gasteiger partial charge < -0.3 is 15.2 Å². The number of benzene rings is 3. The number of carbonyl (C=O) groups excluding carboxylic acids is 1. The van der Waals surface area contributed by atoms with Crippen LogP contribution in [0.4, 0.5) is 13.2 Å². The first-order valence-corrected chi connectivity index (χ1v) is 15.6. The van der Waals surface area contributed by atoms with Gasteiger partial charge >= 0.3 is 11.5 Å². The van der Waals surface area contributed by atoms with E-state index in [1.165, 1.54) is 24.3 Å². The Morgan fingerprint density at radius 3 is 2.02 bits per heavy atom. The Hall–Kier alpha value is -2.33. The van der Waals surface area contributed by atoms with E-state index in [1.807, 2.05) is 12.1 Å². The van der Waals surface area contributed by atoms with Crippen LogP contribution in [-0.2, 0) is 11.4 Å². The number of alkyl halides is 6. The fraction of sp³-hybridized carbons (Fsp3) is 0.419. The van der Waals surface area contributed by atoms with Crippen molar-refractivity contribution in [2.75, 3.05) is 0 Å². The fourth-order valence-electron chi connectivity index (χ4n) is 7.86. The molecule has 0 spiro atoms. The number of thioether (sulfide) groups is 1. The minimum absolute atomic E-state index is 0.0319. The van der Waals surface area contributed by atoms with Gasteiger partial charge in [0.1, 0.15) is 18.4 Å². The van der Waals surface area contributed by atoms with E-state index in [4.69, 9.17) is 39.5 Å². The third kappa shape index (κ3) is 6.15. The van der Waals surface area contributed by atoms with E-state index in [2.05, 4.69) is 5.32 Å². The van der Waals surface area contributed by atoms with Crippen molar-refractivity contribution in [2.45, 2.75) is 76.2 Å². The lowest BCUT2D eigenvalue weighted by Gasteiger charge is -2.66. The molecule has 0 heterocycles. The largest absolute Gasteiger partial charge is 0.487 e. The minimum atomic E-state index is -4.40. The van der Waals surface area contributed by atoms with Gasteiger partial charge in [0, 0.05) is 30.3 Å². The Labute approximate surface area is 265 Å². The predicted molar refractivity (Wildman–Crippen MR) is 161 cm³/mol. The molecular weight excluding hydrogens is 646 g/mol. The third-order valence-corrected chi connectivity index (χ3v) is 10.6. The summed E-state index contributed by atoms with van der Waals surface area (Å²) in [6.07, 6.45) is 2.68. The van der Waals surface area contributed by atoms with Crippen molar-refractivity contribution in [3.05, 3.63) is 71.8 Å². The number of hydrogen-bond acceptors (Lipinski definition) is 4. The molecule has 0 aromatic heterocycles. The Balaban J connectivity index is 1.29. The highest BCUT2D eigenvalue weighted by Gasteiger charge is 2.70. The first-order valence-electron chi connectivity index (χ1n) is 13.7. The molecule has 5 nitrogen and oxygen atoms in total. The van der Waals surface area contributed by atoms with Gasteiger partial charge in [-0.1, -0.05) is 42.5 Å². The van der Waals surface area contributed by atoms with Crippen molar-refractivity contribution < 1.29 is 32.6 Å². The SMILES string of the molecule is O=C(N[C@H](C(=O)O)C12CC3(Cl)CC(Cl)(CC(Cl)(C3)C1)C2)c1ccc2ccccc2c1OCc1ccc(SC(F)(F)F)cc1. The van der Waals surface area contributed by atoms with Gasteiger partial charge in [0.15, 0.2) is 0 Å². The number of aliphatic carboxylic acids is 1. The zero-order chi connectivity index (χ0) is 30.8. The predicted octanol–water partition coefficient (Wildman–Crippen LogP) is 8.51. The molecule has 7 rings (SSSR count). The molecule has 2 N–H and O–H groups in total. The van der Waals surface area contributed by atoms with E-state index in [-0.39, 0.29) is 34.6 Å². The monoisotopic (exact) mass is 671 g/mol. The first kappa shape index (κ1) is 30.7. The van der Waals surface area contributed by atoms with Crippen molar-refractivity contribution in [3.63, 3.8) is 0 Å². The van der Waals surface area contributed by atoms with Gasteiger partial charge in [-0.3, -0.25) is 4.79 Å². The summed E-state index contributed by atoms with van der Waals surface area (Å²) in [6.45, 7) is -0.0319. The lowest BCUT2D eigenvalue weighted by molar-refractivity contribution is -0.148. The number of nitrogens with one attached hydrogen (secondary N) is 1. The van der Waals surface area contributed by atoms with Crippen molar-refractivity contribution >= 4 is 69.2 Å². The van der Waals surface area contributed by atoms with E-state index in [0.29, 0.717) is 49.5 Å². The molecular formula is C31H27Cl3F3NO4S. The van der Waals surface area contributed by atoms with Crippen molar-refractivity contribution in [1.82, 2.24) is 5.32 Å². The Morgan fingerprint density at radius 2 is 1.47 bits per heavy atom. The Kier molecular flexibility index (Phi) is 7.59. The van der Waals surface area contributed by atoms with Gasteiger partial charge in [0.2, 0.25) is 0 Å². The molecule has 4 saturated carbocycles. The summed E-state index contributed by atoms with van der Waals surface area (Å²) in [5.41, 5.74) is -4.61. The summed E-state index contributed by atoms with van der Waals surface area (Å²) in [5, 5.41) is 14.6. The fourth-order valence-corrected chi connectivity index (χ4v) is 10.9. The maximum Gasteiger partial charge on any atom is 0.446 e. The summed E-state index contributed by atoms with van der Waals surface area (Å²) >= 11 is 20.7. The van der Waals surface area contributed by atoms with Crippen molar-refractivity contribution in [1.29, 1.82) is 0 Å². The highest BCUT2D eigenvalue weighted by atomic mass is 35.5. The standard InChI is InChI=1S/C31H27Cl3F3NO4S/c32-28-12-27(13-29(33,15-28)17-30(34,14-27)16-28)24(26(40)41)38-25(39)22-10-7-19-3-1-2-4-21(19)23(22)42-11-18-5-8-20(9-6-18)43-31(35,36)37/h1-10,24H,11-17H2,(H,38,39)(H,40,41)/t24-,27?,28?,29?,30?/m1/s1. The zero-order valence-electron chi connectivity index (χ0n) is 22.6. The van der Waals surface area contributed by atoms with Gasteiger partial charge in [-0.2, -0.15) is 13.2 Å². The molecule has 12 heteroatoms. The zero-order valence-corrected chi connectivity index (χ0v) is 25.7. The average Bonchev–Trinajstić information content (AvgIpc) is 2.87. The van der Waals surface area contributed by atoms with Crippen LogP contribution in [-0.4, -0.2) is 43.2 Å². The second kappa shape index (κ2) is 10.6. The quantitative estimate of drug-likeness (QED) is 0.185. The number of carboxylic acid groups (broad SMARTS) is 1. The number of carboxylic acids is 1. The van der Waals surface area contributed by atoms with Crippen LogP contribution in [0.2, 0.25) is 0 Å². The number of rotatable bonds is 8. The van der Waals surface area contributed by atoms with E-state index in [1.54, 1.807) is 24.3 Å². The van der Waals surface area contributed by atoms with Crippen LogP contribution in [0.25, 0.3) is 10.8 Å².